The van der Waals surface area contributed by atoms with E-state index in [4.69, 9.17) is 33.2 Å². The molecule has 4 aliphatic rings. The van der Waals surface area contributed by atoms with Crippen LogP contribution in [0.2, 0.25) is 0 Å². The number of fused-ring (bicyclic) bond motifs is 3. The summed E-state index contributed by atoms with van der Waals surface area (Å²) in [6, 6.07) is -1.19. The van der Waals surface area contributed by atoms with Gasteiger partial charge in [-0.2, -0.15) is 0 Å². The summed E-state index contributed by atoms with van der Waals surface area (Å²) in [5.41, 5.74) is 1.13. The Hall–Kier alpha value is -4.14. The van der Waals surface area contributed by atoms with Gasteiger partial charge in [0.25, 0.3) is 11.7 Å². The van der Waals surface area contributed by atoms with Crippen LogP contribution in [0.15, 0.2) is 47.6 Å². The maximum absolute atomic E-state index is 14.6. The maximum Gasteiger partial charge on any atom is 0.406 e. The molecule has 18 nitrogen and oxygen atoms in total. The highest BCUT2D eigenvalue weighted by atomic mass is 16.6. The number of amides is 2. The van der Waals surface area contributed by atoms with E-state index in [2.05, 4.69) is 5.32 Å². The quantitative estimate of drug-likeness (QED) is 0.0767. The summed E-state index contributed by atoms with van der Waals surface area (Å²) >= 11 is 0. The minimum atomic E-state index is -2.52. The zero-order valence-electron chi connectivity index (χ0n) is 45.7. The Labute approximate surface area is 438 Å². The van der Waals surface area contributed by atoms with Crippen molar-refractivity contribution in [1.82, 2.24) is 10.2 Å². The molecule has 4 rings (SSSR count). The highest BCUT2D eigenvalue weighted by Gasteiger charge is 2.53. The minimum absolute atomic E-state index is 0.0268. The Morgan fingerprint density at radius 3 is 2.31 bits per heavy atom. The van der Waals surface area contributed by atoms with Crippen LogP contribution >= 0.6 is 0 Å². The molecule has 4 N–H and O–H groups in total. The van der Waals surface area contributed by atoms with Crippen LogP contribution in [0.25, 0.3) is 0 Å². The summed E-state index contributed by atoms with van der Waals surface area (Å²) in [6.07, 6.45) is 10.2. The third-order valence-corrected chi connectivity index (χ3v) is 15.4. The Balaban J connectivity index is 1.71. The number of allylic oxidation sites excluding steroid dienone is 6. The molecule has 0 radical (unpaired) electrons. The number of hydrogen-bond donors (Lipinski definition) is 4. The largest absolute Gasteiger partial charge is 0.460 e. The molecule has 3 heterocycles. The van der Waals surface area contributed by atoms with E-state index in [0.29, 0.717) is 56.9 Å². The van der Waals surface area contributed by atoms with Crippen molar-refractivity contribution in [3.8, 4) is 0 Å². The van der Waals surface area contributed by atoms with E-state index in [0.717, 1.165) is 12.0 Å². The first kappa shape index (κ1) is 62.4. The fraction of sp³-hybridized carbons (Fsp3) is 0.750. The SMILES string of the molecule is CNC(=O)OCCOC1C[C@@H]2CC[C@@H](C)[C@@](O)(O2)C(=O)C(=O)N2CCCCC2C(=O)O[C@H]([C@H](C)C[C@@H]2CC[C@@H](OCCO)[C@H](OC)C2)CC(=O)[C@H](C)/C=C(\C)[C@@H](O)[C@@H](OC)C(=O)[C@H](C)C[C@H](C)/C=C/C=C/C=C/1C. The van der Waals surface area contributed by atoms with E-state index in [1.54, 1.807) is 40.9 Å². The first-order valence-corrected chi connectivity index (χ1v) is 26.8. The van der Waals surface area contributed by atoms with E-state index in [-0.39, 0.29) is 93.8 Å². The van der Waals surface area contributed by atoms with Crippen LogP contribution in [0.3, 0.4) is 0 Å². The molecule has 2 bridgehead atoms. The molecule has 3 fully saturated rings. The average Bonchev–Trinajstić information content (AvgIpc) is 3.38. The van der Waals surface area contributed by atoms with E-state index in [1.165, 1.54) is 19.1 Å². The fourth-order valence-corrected chi connectivity index (χ4v) is 10.8. The van der Waals surface area contributed by atoms with Gasteiger partial charge >= 0.3 is 12.1 Å². The monoisotopic (exact) mass is 1040 g/mol. The molecular weight excluding hydrogens is 957 g/mol. The average molecular weight is 1050 g/mol. The predicted octanol–water partition coefficient (Wildman–Crippen LogP) is 5.92. The molecule has 2 unspecified atom stereocenters. The minimum Gasteiger partial charge on any atom is -0.460 e. The summed E-state index contributed by atoms with van der Waals surface area (Å²) < 4.78 is 41.2. The number of carbonyl (C=O) groups excluding carboxylic acids is 6. The van der Waals surface area contributed by atoms with Gasteiger partial charge in [0, 0.05) is 58.4 Å². The number of carbonyl (C=O) groups is 6. The summed E-state index contributed by atoms with van der Waals surface area (Å²) in [5, 5.41) is 35.4. The number of piperidine rings is 1. The number of nitrogens with zero attached hydrogens (tertiary/aromatic N) is 1. The van der Waals surface area contributed by atoms with Crippen LogP contribution in [0.4, 0.5) is 4.79 Å². The Morgan fingerprint density at radius 2 is 1.62 bits per heavy atom. The maximum atomic E-state index is 14.6. The van der Waals surface area contributed by atoms with Gasteiger partial charge in [-0.3, -0.25) is 19.2 Å². The number of hydrogen-bond acceptors (Lipinski definition) is 16. The third-order valence-electron chi connectivity index (χ3n) is 15.4. The van der Waals surface area contributed by atoms with Gasteiger partial charge in [0.2, 0.25) is 5.79 Å². The third kappa shape index (κ3) is 17.7. The van der Waals surface area contributed by atoms with Crippen molar-refractivity contribution in [2.45, 2.75) is 180 Å². The number of cyclic esters (lactones) is 1. The normalized spacial score (nSPS) is 36.8. The van der Waals surface area contributed by atoms with Crippen molar-refractivity contribution in [2.24, 2.45) is 35.5 Å². The Kier molecular flexibility index (Phi) is 25.8. The van der Waals surface area contributed by atoms with Gasteiger partial charge in [0.15, 0.2) is 5.78 Å². The van der Waals surface area contributed by atoms with Crippen LogP contribution in [0, 0.1) is 35.5 Å². The van der Waals surface area contributed by atoms with E-state index < -0.39 is 83.9 Å². The fourth-order valence-electron chi connectivity index (χ4n) is 10.8. The zero-order chi connectivity index (χ0) is 54.7. The first-order chi connectivity index (χ1) is 35.2. The predicted molar refractivity (Wildman–Crippen MR) is 275 cm³/mol. The van der Waals surface area contributed by atoms with Crippen molar-refractivity contribution >= 4 is 35.3 Å². The molecule has 1 saturated carbocycles. The van der Waals surface area contributed by atoms with Crippen molar-refractivity contribution in [1.29, 1.82) is 0 Å². The molecule has 74 heavy (non-hydrogen) atoms. The molecule has 2 amide bonds. The number of aliphatic hydroxyl groups is 3. The lowest BCUT2D eigenvalue weighted by Gasteiger charge is -2.43. The number of nitrogens with one attached hydrogen (secondary N) is 1. The van der Waals surface area contributed by atoms with Crippen LogP contribution in [-0.4, -0.2) is 164 Å². The highest BCUT2D eigenvalue weighted by Crippen LogP contribution is 2.38. The van der Waals surface area contributed by atoms with Crippen molar-refractivity contribution in [3.63, 3.8) is 0 Å². The smallest absolute Gasteiger partial charge is 0.406 e. The van der Waals surface area contributed by atoms with Crippen LogP contribution in [0.1, 0.15) is 126 Å². The van der Waals surface area contributed by atoms with Crippen molar-refractivity contribution in [3.05, 3.63) is 47.6 Å². The molecule has 0 spiro atoms. The number of aliphatic hydroxyl groups excluding tert-OH is 2. The number of rotatable bonds is 12. The molecular formula is C56H88N2O16. The van der Waals surface area contributed by atoms with Gasteiger partial charge < -0.3 is 58.7 Å². The van der Waals surface area contributed by atoms with Crippen LogP contribution in [-0.2, 0) is 57.1 Å². The molecule has 418 valence electrons. The van der Waals surface area contributed by atoms with Gasteiger partial charge in [-0.25, -0.2) is 9.59 Å². The van der Waals surface area contributed by atoms with Crippen LogP contribution < -0.4 is 5.32 Å². The second kappa shape index (κ2) is 30.6. The van der Waals surface area contributed by atoms with E-state index in [1.807, 2.05) is 51.2 Å². The second-order valence-corrected chi connectivity index (χ2v) is 21.2. The second-order valence-electron chi connectivity index (χ2n) is 21.2. The molecule has 2 saturated heterocycles. The summed E-state index contributed by atoms with van der Waals surface area (Å²) in [7, 11) is 4.43. The lowest BCUT2D eigenvalue weighted by molar-refractivity contribution is -0.266. The highest BCUT2D eigenvalue weighted by molar-refractivity contribution is 6.39. The van der Waals surface area contributed by atoms with Gasteiger partial charge in [-0.1, -0.05) is 71.1 Å². The Morgan fingerprint density at radius 1 is 0.878 bits per heavy atom. The topological polar surface area (TPSA) is 243 Å². The molecule has 18 heteroatoms. The van der Waals surface area contributed by atoms with Crippen LogP contribution in [0.5, 0.6) is 0 Å². The van der Waals surface area contributed by atoms with Gasteiger partial charge in [0.1, 0.15) is 36.7 Å². The molecule has 3 aliphatic heterocycles. The number of methoxy groups -OCH3 is 2. The summed E-state index contributed by atoms with van der Waals surface area (Å²) in [4.78, 5) is 84.4. The summed E-state index contributed by atoms with van der Waals surface area (Å²) in [5.74, 6) is -8.46. The number of Topliss-reactive ketones (excluding diaryl/α,β-unsaturated/α-hetero) is 3. The van der Waals surface area contributed by atoms with Gasteiger partial charge in [-0.15, -0.1) is 0 Å². The van der Waals surface area contributed by atoms with Gasteiger partial charge in [-0.05, 0) is 107 Å². The molecule has 0 aromatic heterocycles. The molecule has 1 aliphatic carbocycles. The lowest BCUT2D eigenvalue weighted by atomic mass is 9.78. The zero-order valence-corrected chi connectivity index (χ0v) is 45.7. The standard InChI is InChI=1S/C56H88N2O16/c1-34-16-12-11-13-17-35(2)46(71-26-27-72-55(66)57-8)32-42-21-19-40(7)56(67,74-42)52(63)53(64)58-23-15-14-18-43(58)54(65)73-47(37(4)30-41-20-22-45(70-25-24-59)48(31-41)68-9)33-44(60)36(3)29-39(6)50(62)51(69-10)49(61)38(5)28-34/h11-13,16-17,29,34,36-38,40-43,45-48,50-51,59,62,67H,14-15,18-28,30-33H2,1-10H3,(H,57,66)/b13-11+,16-12+,35-17+,39-29+/t34-,36-,37-,38-,40-,41+,42+,43?,45-,46?,47+,48-,50-,51+,56-/m1/s1. The van der Waals surface area contributed by atoms with E-state index >= 15 is 0 Å². The summed E-state index contributed by atoms with van der Waals surface area (Å²) in [6.45, 7) is 12.6. The molecule has 15 atom stereocenters. The number of alkyl carbamates (subject to hydrolysis) is 1. The lowest BCUT2D eigenvalue weighted by Crippen LogP contribution is -2.61. The van der Waals surface area contributed by atoms with E-state index in [9.17, 15) is 44.1 Å². The molecule has 0 aromatic rings. The van der Waals surface area contributed by atoms with Crippen molar-refractivity contribution in [2.75, 3.05) is 54.2 Å². The number of ketones is 3. The number of esters is 1. The number of ether oxygens (including phenoxy) is 7. The van der Waals surface area contributed by atoms with Crippen molar-refractivity contribution < 1.29 is 77.2 Å². The van der Waals surface area contributed by atoms with Gasteiger partial charge in [0.05, 0.1) is 44.2 Å². The molecule has 0 aromatic carbocycles. The first-order valence-electron chi connectivity index (χ1n) is 26.8. The Bertz CT molecular complexity index is 1990.